The molecule has 202 valence electrons. The van der Waals surface area contributed by atoms with Crippen molar-refractivity contribution in [1.82, 2.24) is 0 Å². The van der Waals surface area contributed by atoms with E-state index in [0.717, 1.165) is 33.4 Å². The Kier molecular flexibility index (Phi) is 13.6. The summed E-state index contributed by atoms with van der Waals surface area (Å²) < 4.78 is 9.01. The van der Waals surface area contributed by atoms with Crippen LogP contribution >= 0.6 is 0 Å². The number of esters is 2. The highest BCUT2D eigenvalue weighted by molar-refractivity contribution is 5.91. The quantitative estimate of drug-likeness (QED) is 0.207. The van der Waals surface area contributed by atoms with E-state index in [9.17, 15) is 9.59 Å². The second-order valence-electron chi connectivity index (χ2n) is 9.37. The van der Waals surface area contributed by atoms with Crippen molar-refractivity contribution in [2.75, 3.05) is 14.2 Å². The summed E-state index contributed by atoms with van der Waals surface area (Å²) in [5, 5.41) is 0. The number of terminal acetylenes is 1. The van der Waals surface area contributed by atoms with Crippen LogP contribution in [0.1, 0.15) is 57.0 Å². The van der Waals surface area contributed by atoms with Crippen molar-refractivity contribution in [3.63, 3.8) is 0 Å². The zero-order chi connectivity index (χ0) is 29.5. The fourth-order valence-electron chi connectivity index (χ4n) is 3.80. The van der Waals surface area contributed by atoms with Crippen LogP contribution in [0, 0.1) is 65.7 Å². The van der Waals surface area contributed by atoms with Crippen molar-refractivity contribution in [1.29, 1.82) is 0 Å². The van der Waals surface area contributed by atoms with Crippen molar-refractivity contribution >= 4 is 17.5 Å². The highest BCUT2D eigenvalue weighted by atomic mass is 16.5. The largest absolute Gasteiger partial charge is 0.466 e. The van der Waals surface area contributed by atoms with Gasteiger partial charge in [0.2, 0.25) is 0 Å². The van der Waals surface area contributed by atoms with Crippen molar-refractivity contribution in [3.05, 3.63) is 111 Å². The van der Waals surface area contributed by atoms with Crippen molar-refractivity contribution in [2.24, 2.45) is 0 Å². The van der Waals surface area contributed by atoms with E-state index in [-0.39, 0.29) is 5.97 Å². The summed E-state index contributed by atoms with van der Waals surface area (Å²) in [4.78, 5) is 21.8. The molecule has 3 rings (SSSR count). The van der Waals surface area contributed by atoms with Crippen LogP contribution in [0.3, 0.4) is 0 Å². The number of benzene rings is 3. The van der Waals surface area contributed by atoms with Gasteiger partial charge in [-0.1, -0.05) is 53.3 Å². The molecule has 4 heteroatoms. The van der Waals surface area contributed by atoms with Crippen LogP contribution in [-0.2, 0) is 19.1 Å². The van der Waals surface area contributed by atoms with E-state index < -0.39 is 5.97 Å². The van der Waals surface area contributed by atoms with Gasteiger partial charge in [0.1, 0.15) is 0 Å². The summed E-state index contributed by atoms with van der Waals surface area (Å²) >= 11 is 0. The molecule has 4 nitrogen and oxygen atoms in total. The SMILES string of the molecule is C#Cc1cc(C)cc(C)c1.COC(=O)/C=C(/C)c1cc(C)cc(C)c1.COC(=O)C#Cc1cc(C)cc(C)c1. The first-order chi connectivity index (χ1) is 18.4. The van der Waals surface area contributed by atoms with E-state index >= 15 is 0 Å². The third-order valence-electron chi connectivity index (χ3n) is 5.32. The van der Waals surface area contributed by atoms with E-state index in [1.807, 2.05) is 72.7 Å². The molecule has 0 aliphatic rings. The maximum Gasteiger partial charge on any atom is 0.384 e. The van der Waals surface area contributed by atoms with Crippen molar-refractivity contribution < 1.29 is 19.1 Å². The molecule has 0 aliphatic carbocycles. The minimum atomic E-state index is -0.510. The molecule has 3 aromatic carbocycles. The maximum absolute atomic E-state index is 11.1. The highest BCUT2D eigenvalue weighted by Gasteiger charge is 2.01. The van der Waals surface area contributed by atoms with Crippen LogP contribution in [0.15, 0.2) is 60.7 Å². The predicted molar refractivity (Wildman–Crippen MR) is 160 cm³/mol. The lowest BCUT2D eigenvalue weighted by atomic mass is 10.0. The van der Waals surface area contributed by atoms with Gasteiger partial charge in [-0.05, 0) is 106 Å². The molecule has 0 unspecified atom stereocenters. The number of rotatable bonds is 2. The lowest BCUT2D eigenvalue weighted by Crippen LogP contribution is -1.96. The van der Waals surface area contributed by atoms with E-state index in [1.54, 1.807) is 0 Å². The third-order valence-corrected chi connectivity index (χ3v) is 5.32. The summed E-state index contributed by atoms with van der Waals surface area (Å²) in [5.74, 6) is 6.93. The maximum atomic E-state index is 11.1. The first-order valence-corrected chi connectivity index (χ1v) is 12.4. The Balaban J connectivity index is 0.000000298. The molecule has 0 atom stereocenters. The Hall–Kier alpha value is -4.54. The van der Waals surface area contributed by atoms with E-state index in [2.05, 4.69) is 57.6 Å². The van der Waals surface area contributed by atoms with Crippen molar-refractivity contribution in [3.8, 4) is 24.2 Å². The molecule has 3 aromatic rings. The summed E-state index contributed by atoms with van der Waals surface area (Å²) in [6.07, 6.45) is 6.75. The number of carbonyl (C=O) groups excluding carboxylic acids is 2. The highest BCUT2D eigenvalue weighted by Crippen LogP contribution is 2.17. The lowest BCUT2D eigenvalue weighted by molar-refractivity contribution is -0.135. The minimum absolute atomic E-state index is 0.313. The minimum Gasteiger partial charge on any atom is -0.466 e. The molecule has 0 saturated carbocycles. The zero-order valence-electron chi connectivity index (χ0n) is 24.5. The second kappa shape index (κ2) is 16.3. The van der Waals surface area contributed by atoms with Gasteiger partial charge in [0.05, 0.1) is 14.2 Å². The fraction of sp³-hybridized carbons (Fsp3) is 0.257. The average Bonchev–Trinajstić information content (AvgIpc) is 2.86. The predicted octanol–water partition coefficient (Wildman–Crippen LogP) is 6.99. The number of ether oxygens (including phenoxy) is 2. The fourth-order valence-corrected chi connectivity index (χ4v) is 3.80. The number of methoxy groups -OCH3 is 2. The van der Waals surface area contributed by atoms with Crippen molar-refractivity contribution in [2.45, 2.75) is 48.5 Å². The molecular formula is C35H38O4. The smallest absolute Gasteiger partial charge is 0.384 e. The summed E-state index contributed by atoms with van der Waals surface area (Å²) in [5.41, 5.74) is 10.9. The molecule has 0 aromatic heterocycles. The zero-order valence-corrected chi connectivity index (χ0v) is 24.5. The van der Waals surface area contributed by atoms with Gasteiger partial charge in [-0.15, -0.1) is 6.42 Å². The van der Waals surface area contributed by atoms with Gasteiger partial charge in [-0.25, -0.2) is 9.59 Å². The molecule has 0 N–H and O–H groups in total. The second-order valence-corrected chi connectivity index (χ2v) is 9.37. The molecule has 0 heterocycles. The first kappa shape index (κ1) is 32.5. The normalized spacial score (nSPS) is 9.79. The van der Waals surface area contributed by atoms with Gasteiger partial charge in [-0.3, -0.25) is 0 Å². The average molecular weight is 523 g/mol. The van der Waals surface area contributed by atoms with Gasteiger partial charge in [-0.2, -0.15) is 0 Å². The standard InChI is InChI=1S/C13H16O2.C12H12O2.C10H10/c1-9-5-10(2)7-12(6-9)11(3)8-13(14)15-4;1-9-6-10(2)8-11(7-9)4-5-12(13)14-3;1-4-10-6-8(2)5-9(3)7-10/h5-8H,1-4H3;6-8H,1-3H3;1,5-7H,2-3H3/b11-8-;;. The van der Waals surface area contributed by atoms with Gasteiger partial charge < -0.3 is 9.47 Å². The Morgan fingerprint density at radius 3 is 1.46 bits per heavy atom. The van der Waals surface area contributed by atoms with Gasteiger partial charge in [0.15, 0.2) is 0 Å². The Labute approximate surface area is 234 Å². The van der Waals surface area contributed by atoms with Gasteiger partial charge in [0.25, 0.3) is 0 Å². The summed E-state index contributed by atoms with van der Waals surface area (Å²) in [6.45, 7) is 14.1. The molecule has 0 saturated heterocycles. The van der Waals surface area contributed by atoms with Crippen LogP contribution < -0.4 is 0 Å². The van der Waals surface area contributed by atoms with E-state index in [4.69, 9.17) is 6.42 Å². The Bertz CT molecular complexity index is 1380. The third kappa shape index (κ3) is 13.0. The number of hydrogen-bond acceptors (Lipinski definition) is 4. The van der Waals surface area contributed by atoms with E-state index in [0.29, 0.717) is 0 Å². The summed E-state index contributed by atoms with van der Waals surface area (Å²) in [6, 6.07) is 18.3. The topological polar surface area (TPSA) is 52.6 Å². The summed E-state index contributed by atoms with van der Waals surface area (Å²) in [7, 11) is 2.70. The molecule has 0 fully saturated rings. The first-order valence-electron chi connectivity index (χ1n) is 12.4. The number of hydrogen-bond donors (Lipinski definition) is 0. The lowest BCUT2D eigenvalue weighted by Gasteiger charge is -2.04. The number of aryl methyl sites for hydroxylation is 6. The monoisotopic (exact) mass is 522 g/mol. The molecule has 0 amide bonds. The molecule has 0 radical (unpaired) electrons. The van der Waals surface area contributed by atoms with Gasteiger partial charge >= 0.3 is 11.9 Å². The van der Waals surface area contributed by atoms with Gasteiger partial charge in [0, 0.05) is 23.1 Å². The number of allylic oxidation sites excluding steroid dienone is 1. The molecule has 0 spiro atoms. The van der Waals surface area contributed by atoms with Crippen LogP contribution in [0.25, 0.3) is 5.57 Å². The molecule has 0 aliphatic heterocycles. The van der Waals surface area contributed by atoms with Crippen LogP contribution in [0.2, 0.25) is 0 Å². The Morgan fingerprint density at radius 1 is 0.667 bits per heavy atom. The van der Waals surface area contributed by atoms with Crippen LogP contribution in [0.5, 0.6) is 0 Å². The van der Waals surface area contributed by atoms with Crippen LogP contribution in [0.4, 0.5) is 0 Å². The molecule has 39 heavy (non-hydrogen) atoms. The molecule has 0 bridgehead atoms. The number of carbonyl (C=O) groups is 2. The van der Waals surface area contributed by atoms with E-state index in [1.165, 1.54) is 42.5 Å². The van der Waals surface area contributed by atoms with Crippen LogP contribution in [-0.4, -0.2) is 26.2 Å². The Morgan fingerprint density at radius 2 is 1.08 bits per heavy atom. The molecular weight excluding hydrogens is 484 g/mol.